The minimum atomic E-state index is -3.23. The van der Waals surface area contributed by atoms with Crippen molar-refractivity contribution in [3.63, 3.8) is 0 Å². The topological polar surface area (TPSA) is 62.3 Å². The number of pyridine rings is 1. The summed E-state index contributed by atoms with van der Waals surface area (Å²) in [6, 6.07) is 8.06. The van der Waals surface area contributed by atoms with Crippen molar-refractivity contribution < 1.29 is 8.42 Å². The number of fused-ring (bicyclic) bond motifs is 2. The lowest BCUT2D eigenvalue weighted by Gasteiger charge is -2.24. The van der Waals surface area contributed by atoms with Gasteiger partial charge in [-0.15, -0.1) is 0 Å². The fourth-order valence-corrected chi connectivity index (χ4v) is 4.88. The van der Waals surface area contributed by atoms with Crippen LogP contribution >= 0.6 is 0 Å². The predicted molar refractivity (Wildman–Crippen MR) is 107 cm³/mol. The molecule has 1 N–H and O–H groups in total. The Bertz CT molecular complexity index is 949. The zero-order valence-corrected chi connectivity index (χ0v) is 16.7. The SMILES string of the molecule is CC/C=C1\NCc2c1nc1ccccc1c2CCN(C(C)C)S(C)(=O)=O. The van der Waals surface area contributed by atoms with E-state index in [1.807, 2.05) is 32.0 Å². The average molecular weight is 374 g/mol. The Morgan fingerprint density at radius 2 is 2.04 bits per heavy atom. The molecule has 2 heterocycles. The lowest BCUT2D eigenvalue weighted by atomic mass is 9.98. The normalized spacial score (nSPS) is 15.8. The van der Waals surface area contributed by atoms with E-state index in [4.69, 9.17) is 4.98 Å². The predicted octanol–water partition coefficient (Wildman–Crippen LogP) is 3.30. The van der Waals surface area contributed by atoms with E-state index < -0.39 is 10.0 Å². The number of hydrogen-bond donors (Lipinski definition) is 1. The van der Waals surface area contributed by atoms with Crippen LogP contribution in [0.2, 0.25) is 0 Å². The summed E-state index contributed by atoms with van der Waals surface area (Å²) in [5, 5.41) is 4.56. The van der Waals surface area contributed by atoms with Crippen LogP contribution in [0.25, 0.3) is 16.6 Å². The summed E-state index contributed by atoms with van der Waals surface area (Å²) in [6.07, 6.45) is 5.07. The van der Waals surface area contributed by atoms with Crippen LogP contribution in [0.3, 0.4) is 0 Å². The Labute approximate surface area is 156 Å². The van der Waals surface area contributed by atoms with Crippen molar-refractivity contribution in [2.45, 2.75) is 46.2 Å². The van der Waals surface area contributed by atoms with E-state index in [2.05, 4.69) is 24.4 Å². The summed E-state index contributed by atoms with van der Waals surface area (Å²) in [5.41, 5.74) is 5.45. The second-order valence-corrected chi connectivity index (χ2v) is 8.97. The Hall–Kier alpha value is -1.92. The van der Waals surface area contributed by atoms with E-state index >= 15 is 0 Å². The largest absolute Gasteiger partial charge is 0.379 e. The Morgan fingerprint density at radius 1 is 1.31 bits per heavy atom. The lowest BCUT2D eigenvalue weighted by Crippen LogP contribution is -2.37. The summed E-state index contributed by atoms with van der Waals surface area (Å²) in [4.78, 5) is 4.86. The zero-order chi connectivity index (χ0) is 18.9. The van der Waals surface area contributed by atoms with Crippen LogP contribution in [-0.2, 0) is 23.0 Å². The zero-order valence-electron chi connectivity index (χ0n) is 15.9. The molecule has 1 aliphatic heterocycles. The summed E-state index contributed by atoms with van der Waals surface area (Å²) >= 11 is 0. The van der Waals surface area contributed by atoms with Crippen LogP contribution in [0.1, 0.15) is 44.0 Å². The molecule has 0 radical (unpaired) electrons. The molecule has 0 fully saturated rings. The maximum atomic E-state index is 12.1. The van der Waals surface area contributed by atoms with Gasteiger partial charge in [-0.25, -0.2) is 13.4 Å². The van der Waals surface area contributed by atoms with Crippen LogP contribution in [0, 0.1) is 0 Å². The number of benzene rings is 1. The van der Waals surface area contributed by atoms with Gasteiger partial charge in [0.25, 0.3) is 0 Å². The van der Waals surface area contributed by atoms with E-state index in [9.17, 15) is 8.42 Å². The van der Waals surface area contributed by atoms with Gasteiger partial charge in [0.2, 0.25) is 10.0 Å². The third-order valence-corrected chi connectivity index (χ3v) is 6.27. The summed E-state index contributed by atoms with van der Waals surface area (Å²) < 4.78 is 25.8. The van der Waals surface area contributed by atoms with Gasteiger partial charge in [-0.1, -0.05) is 31.2 Å². The summed E-state index contributed by atoms with van der Waals surface area (Å²) in [7, 11) is -3.23. The van der Waals surface area contributed by atoms with Gasteiger partial charge in [0.15, 0.2) is 0 Å². The minimum absolute atomic E-state index is 0.0557. The van der Waals surface area contributed by atoms with Gasteiger partial charge in [-0.05, 0) is 38.3 Å². The highest BCUT2D eigenvalue weighted by atomic mass is 32.2. The van der Waals surface area contributed by atoms with Crippen molar-refractivity contribution in [2.75, 3.05) is 12.8 Å². The second-order valence-electron chi connectivity index (χ2n) is 7.03. The van der Waals surface area contributed by atoms with E-state index in [1.54, 1.807) is 4.31 Å². The number of nitrogens with one attached hydrogen (secondary N) is 1. The van der Waals surface area contributed by atoms with Gasteiger partial charge in [0.1, 0.15) is 0 Å². The first-order chi connectivity index (χ1) is 12.3. The van der Waals surface area contributed by atoms with Crippen molar-refractivity contribution in [1.29, 1.82) is 0 Å². The van der Waals surface area contributed by atoms with Crippen LogP contribution in [0.4, 0.5) is 0 Å². The number of allylic oxidation sites excluding steroid dienone is 1. The van der Waals surface area contributed by atoms with E-state index in [0.717, 1.165) is 35.3 Å². The molecule has 140 valence electrons. The fourth-order valence-electron chi connectivity index (χ4n) is 3.69. The van der Waals surface area contributed by atoms with Crippen molar-refractivity contribution in [3.8, 4) is 0 Å². The van der Waals surface area contributed by atoms with Crippen molar-refractivity contribution in [1.82, 2.24) is 14.6 Å². The molecule has 0 saturated carbocycles. The van der Waals surface area contributed by atoms with Gasteiger partial charge < -0.3 is 5.32 Å². The minimum Gasteiger partial charge on any atom is -0.379 e. The number of nitrogens with zero attached hydrogens (tertiary/aromatic N) is 2. The Balaban J connectivity index is 2.06. The molecule has 0 bridgehead atoms. The van der Waals surface area contributed by atoms with Crippen LogP contribution in [-0.4, -0.2) is 36.5 Å². The number of aromatic nitrogens is 1. The van der Waals surface area contributed by atoms with Crippen molar-refractivity contribution in [3.05, 3.63) is 47.2 Å². The summed E-state index contributed by atoms with van der Waals surface area (Å²) in [6.45, 7) is 7.17. The first kappa shape index (κ1) is 18.9. The van der Waals surface area contributed by atoms with Gasteiger partial charge in [-0.2, -0.15) is 4.31 Å². The highest BCUT2D eigenvalue weighted by Crippen LogP contribution is 2.32. The molecule has 1 aromatic heterocycles. The molecule has 0 atom stereocenters. The molecule has 2 aromatic rings. The number of sulfonamides is 1. The number of rotatable bonds is 6. The standard InChI is InChI=1S/C20H27N3O2S/c1-5-8-19-20-17(13-21-19)15(16-9-6-7-10-18(16)22-20)11-12-23(14(2)3)26(4,24)25/h6-10,14,21H,5,11-13H2,1-4H3/b19-8-. The average Bonchev–Trinajstić information content (AvgIpc) is 2.96. The van der Waals surface area contributed by atoms with Gasteiger partial charge in [0, 0.05) is 30.1 Å². The molecule has 5 nitrogen and oxygen atoms in total. The van der Waals surface area contributed by atoms with Crippen LogP contribution in [0.15, 0.2) is 30.3 Å². The molecular weight excluding hydrogens is 346 g/mol. The Kier molecular flexibility index (Phi) is 5.34. The number of hydrogen-bond acceptors (Lipinski definition) is 4. The van der Waals surface area contributed by atoms with Gasteiger partial charge in [0.05, 0.1) is 23.2 Å². The molecule has 0 aliphatic carbocycles. The molecule has 6 heteroatoms. The monoisotopic (exact) mass is 373 g/mol. The third kappa shape index (κ3) is 3.62. The second kappa shape index (κ2) is 7.37. The molecule has 1 aliphatic rings. The fraction of sp³-hybridized carbons (Fsp3) is 0.450. The molecule has 3 rings (SSSR count). The van der Waals surface area contributed by atoms with Crippen molar-refractivity contribution >= 4 is 26.6 Å². The maximum Gasteiger partial charge on any atom is 0.211 e. The van der Waals surface area contributed by atoms with Crippen LogP contribution in [0.5, 0.6) is 0 Å². The maximum absolute atomic E-state index is 12.1. The molecule has 0 spiro atoms. The molecule has 26 heavy (non-hydrogen) atoms. The first-order valence-corrected chi connectivity index (χ1v) is 11.0. The first-order valence-electron chi connectivity index (χ1n) is 9.14. The van der Waals surface area contributed by atoms with Gasteiger partial charge in [-0.3, -0.25) is 0 Å². The number of para-hydroxylation sites is 1. The molecule has 0 unspecified atom stereocenters. The molecule has 0 saturated heterocycles. The van der Waals surface area contributed by atoms with E-state index in [1.165, 1.54) is 17.4 Å². The third-order valence-electron chi connectivity index (χ3n) is 4.81. The van der Waals surface area contributed by atoms with E-state index in [-0.39, 0.29) is 6.04 Å². The van der Waals surface area contributed by atoms with E-state index in [0.29, 0.717) is 13.0 Å². The molecular formula is C20H27N3O2S. The quantitative estimate of drug-likeness (QED) is 0.844. The summed E-state index contributed by atoms with van der Waals surface area (Å²) in [5.74, 6) is 0. The van der Waals surface area contributed by atoms with Crippen molar-refractivity contribution in [2.24, 2.45) is 0 Å². The smallest absolute Gasteiger partial charge is 0.211 e. The molecule has 0 amide bonds. The van der Waals surface area contributed by atoms with Crippen LogP contribution < -0.4 is 5.32 Å². The highest BCUT2D eigenvalue weighted by Gasteiger charge is 2.25. The highest BCUT2D eigenvalue weighted by molar-refractivity contribution is 7.88. The lowest BCUT2D eigenvalue weighted by molar-refractivity contribution is 0.360. The molecule has 1 aromatic carbocycles. The Morgan fingerprint density at radius 3 is 2.69 bits per heavy atom. The van der Waals surface area contributed by atoms with Gasteiger partial charge >= 0.3 is 0 Å².